The van der Waals surface area contributed by atoms with Crippen molar-refractivity contribution in [2.24, 2.45) is 0 Å². The minimum Gasteiger partial charge on any atom is -0.478 e. The van der Waals surface area contributed by atoms with Crippen LogP contribution in [-0.2, 0) is 9.59 Å². The van der Waals surface area contributed by atoms with Gasteiger partial charge in [0.05, 0.1) is 5.56 Å². The first-order valence-corrected chi connectivity index (χ1v) is 3.88. The van der Waals surface area contributed by atoms with Crippen LogP contribution in [0, 0.1) is 0 Å². The highest BCUT2D eigenvalue weighted by Gasteiger charge is 2.11. The number of carboxylic acid groups (broad SMARTS) is 2. The van der Waals surface area contributed by atoms with E-state index >= 15 is 0 Å². The van der Waals surface area contributed by atoms with Gasteiger partial charge in [-0.05, 0) is 24.3 Å². The Labute approximate surface area is 84.1 Å². The van der Waals surface area contributed by atoms with E-state index in [1.165, 1.54) is 24.3 Å². The third kappa shape index (κ3) is 2.80. The molecule has 0 bridgehead atoms. The molecule has 0 unspecified atom stereocenters. The number of nitrogens with one attached hydrogen (secondary N) is 1. The van der Waals surface area contributed by atoms with Gasteiger partial charge in [-0.15, -0.1) is 0 Å². The Morgan fingerprint density at radius 1 is 1.00 bits per heavy atom. The lowest BCUT2D eigenvalue weighted by molar-refractivity contribution is -0.147. The predicted molar refractivity (Wildman–Crippen MR) is 49.7 cm³/mol. The van der Waals surface area contributed by atoms with Gasteiger partial charge >= 0.3 is 17.8 Å². The number of hydrogen-bond donors (Lipinski definition) is 3. The number of aliphatic carboxylic acids is 1. The maximum Gasteiger partial charge on any atom is 0.394 e. The Morgan fingerprint density at radius 3 is 1.93 bits per heavy atom. The van der Waals surface area contributed by atoms with Gasteiger partial charge in [-0.1, -0.05) is 0 Å². The maximum atomic E-state index is 10.7. The summed E-state index contributed by atoms with van der Waals surface area (Å²) >= 11 is 0. The van der Waals surface area contributed by atoms with E-state index in [4.69, 9.17) is 10.2 Å². The minimum absolute atomic E-state index is 0.0586. The molecule has 0 saturated heterocycles. The fourth-order valence-electron chi connectivity index (χ4n) is 0.881. The number of carbonyl (C=O) groups is 3. The maximum absolute atomic E-state index is 10.7. The first kappa shape index (κ1) is 10.7. The van der Waals surface area contributed by atoms with Crippen molar-refractivity contribution in [3.8, 4) is 0 Å². The molecule has 1 amide bonds. The van der Waals surface area contributed by atoms with Crippen LogP contribution in [0.25, 0.3) is 0 Å². The molecule has 0 aliphatic heterocycles. The molecule has 0 saturated carbocycles. The molecule has 1 aromatic carbocycles. The molecule has 0 fully saturated rings. The third-order valence-corrected chi connectivity index (χ3v) is 1.58. The topological polar surface area (TPSA) is 104 Å². The lowest BCUT2D eigenvalue weighted by atomic mass is 10.2. The number of rotatable bonds is 2. The van der Waals surface area contributed by atoms with Gasteiger partial charge in [-0.3, -0.25) is 4.79 Å². The molecule has 15 heavy (non-hydrogen) atoms. The quantitative estimate of drug-likeness (QED) is 0.612. The number of carbonyl (C=O) groups excluding carboxylic acids is 1. The summed E-state index contributed by atoms with van der Waals surface area (Å²) < 4.78 is 0. The van der Waals surface area contributed by atoms with Crippen LogP contribution >= 0.6 is 0 Å². The molecular formula is C9H7NO5. The molecule has 1 rings (SSSR count). The van der Waals surface area contributed by atoms with Crippen LogP contribution in [0.1, 0.15) is 10.4 Å². The molecule has 6 heteroatoms. The molecule has 0 aromatic heterocycles. The van der Waals surface area contributed by atoms with E-state index in [1.54, 1.807) is 0 Å². The van der Waals surface area contributed by atoms with Gasteiger partial charge < -0.3 is 15.5 Å². The molecule has 0 heterocycles. The molecule has 1 aromatic rings. The molecule has 0 aliphatic carbocycles. The Balaban J connectivity index is 2.77. The zero-order valence-corrected chi connectivity index (χ0v) is 7.43. The van der Waals surface area contributed by atoms with Gasteiger partial charge in [0.25, 0.3) is 0 Å². The molecule has 3 N–H and O–H groups in total. The standard InChI is InChI=1S/C9H7NO5/c11-7(9(14)15)10-6-3-1-5(2-4-6)8(12)13/h1-4H,(H,10,11)(H,12,13)(H,14,15). The summed E-state index contributed by atoms with van der Waals surface area (Å²) in [6.07, 6.45) is 0. The Kier molecular flexibility index (Phi) is 3.02. The molecular weight excluding hydrogens is 202 g/mol. The Bertz CT molecular complexity index is 409. The molecule has 0 aliphatic rings. The van der Waals surface area contributed by atoms with Gasteiger partial charge in [-0.2, -0.15) is 0 Å². The summed E-state index contributed by atoms with van der Waals surface area (Å²) in [6, 6.07) is 5.15. The number of benzene rings is 1. The number of hydrogen-bond acceptors (Lipinski definition) is 3. The summed E-state index contributed by atoms with van der Waals surface area (Å²) in [5.74, 6) is -3.86. The summed E-state index contributed by atoms with van der Waals surface area (Å²) in [7, 11) is 0. The fourth-order valence-corrected chi connectivity index (χ4v) is 0.881. The van der Waals surface area contributed by atoms with E-state index in [0.717, 1.165) is 0 Å². The highest BCUT2D eigenvalue weighted by molar-refractivity contribution is 6.36. The van der Waals surface area contributed by atoms with Crippen LogP contribution in [-0.4, -0.2) is 28.1 Å². The Hall–Kier alpha value is -2.37. The number of carboxylic acids is 2. The highest BCUT2D eigenvalue weighted by Crippen LogP contribution is 2.09. The Morgan fingerprint density at radius 2 is 1.53 bits per heavy atom. The second-order valence-electron chi connectivity index (χ2n) is 2.64. The van der Waals surface area contributed by atoms with Crippen molar-refractivity contribution in [1.82, 2.24) is 0 Å². The zero-order chi connectivity index (χ0) is 11.4. The summed E-state index contributed by atoms with van der Waals surface area (Å²) in [5.41, 5.74) is 0.288. The monoisotopic (exact) mass is 209 g/mol. The van der Waals surface area contributed by atoms with Gasteiger partial charge in [0.1, 0.15) is 0 Å². The van der Waals surface area contributed by atoms with Crippen molar-refractivity contribution in [3.63, 3.8) is 0 Å². The molecule has 0 atom stereocenters. The molecule has 6 nitrogen and oxygen atoms in total. The smallest absolute Gasteiger partial charge is 0.394 e. The van der Waals surface area contributed by atoms with E-state index in [-0.39, 0.29) is 11.3 Å². The number of amides is 1. The number of anilines is 1. The lowest BCUT2D eigenvalue weighted by Crippen LogP contribution is -2.21. The third-order valence-electron chi connectivity index (χ3n) is 1.58. The van der Waals surface area contributed by atoms with Crippen molar-refractivity contribution in [1.29, 1.82) is 0 Å². The molecule has 0 radical (unpaired) electrons. The average Bonchev–Trinajstić information content (AvgIpc) is 2.18. The van der Waals surface area contributed by atoms with Crippen LogP contribution in [0.3, 0.4) is 0 Å². The van der Waals surface area contributed by atoms with Crippen LogP contribution in [0.5, 0.6) is 0 Å². The largest absolute Gasteiger partial charge is 0.478 e. The van der Waals surface area contributed by atoms with Crippen LogP contribution in [0.2, 0.25) is 0 Å². The normalized spacial score (nSPS) is 9.33. The van der Waals surface area contributed by atoms with Crippen molar-refractivity contribution < 1.29 is 24.6 Å². The highest BCUT2D eigenvalue weighted by atomic mass is 16.4. The van der Waals surface area contributed by atoms with Crippen molar-refractivity contribution in [2.45, 2.75) is 0 Å². The van der Waals surface area contributed by atoms with E-state index in [9.17, 15) is 14.4 Å². The second-order valence-corrected chi connectivity index (χ2v) is 2.64. The van der Waals surface area contributed by atoms with E-state index in [2.05, 4.69) is 5.32 Å². The van der Waals surface area contributed by atoms with E-state index in [0.29, 0.717) is 0 Å². The minimum atomic E-state index is -1.60. The SMILES string of the molecule is O=C(O)C(=O)Nc1ccc(C(=O)O)cc1. The predicted octanol–water partition coefficient (Wildman–Crippen LogP) is 0.408. The van der Waals surface area contributed by atoms with Gasteiger partial charge in [0.2, 0.25) is 0 Å². The second kappa shape index (κ2) is 4.23. The van der Waals surface area contributed by atoms with Gasteiger partial charge in [0, 0.05) is 5.69 Å². The lowest BCUT2D eigenvalue weighted by Gasteiger charge is -2.01. The van der Waals surface area contributed by atoms with Crippen molar-refractivity contribution in [3.05, 3.63) is 29.8 Å². The summed E-state index contributed by atoms with van der Waals surface area (Å²) in [5, 5.41) is 18.9. The molecule has 78 valence electrons. The van der Waals surface area contributed by atoms with E-state index in [1.807, 2.05) is 0 Å². The zero-order valence-electron chi connectivity index (χ0n) is 7.43. The first-order chi connectivity index (χ1) is 7.00. The van der Waals surface area contributed by atoms with Gasteiger partial charge in [0.15, 0.2) is 0 Å². The average molecular weight is 209 g/mol. The van der Waals surface area contributed by atoms with Crippen LogP contribution in [0.15, 0.2) is 24.3 Å². The van der Waals surface area contributed by atoms with Crippen LogP contribution in [0.4, 0.5) is 5.69 Å². The van der Waals surface area contributed by atoms with E-state index < -0.39 is 17.8 Å². The molecule has 0 spiro atoms. The summed E-state index contributed by atoms with van der Waals surface area (Å²) in [6.45, 7) is 0. The summed E-state index contributed by atoms with van der Waals surface area (Å²) in [4.78, 5) is 31.3. The van der Waals surface area contributed by atoms with Crippen LogP contribution < -0.4 is 5.32 Å². The van der Waals surface area contributed by atoms with Crippen molar-refractivity contribution in [2.75, 3.05) is 5.32 Å². The fraction of sp³-hybridized carbons (Fsp3) is 0. The van der Waals surface area contributed by atoms with Gasteiger partial charge in [-0.25, -0.2) is 9.59 Å². The van der Waals surface area contributed by atoms with Crippen molar-refractivity contribution >= 4 is 23.5 Å². The first-order valence-electron chi connectivity index (χ1n) is 3.88. The number of aromatic carboxylic acids is 1.